The van der Waals surface area contributed by atoms with Gasteiger partial charge in [0.2, 0.25) is 0 Å². The Morgan fingerprint density at radius 1 is 1.20 bits per heavy atom. The van der Waals surface area contributed by atoms with Gasteiger partial charge in [-0.15, -0.1) is 0 Å². The summed E-state index contributed by atoms with van der Waals surface area (Å²) in [5.74, 6) is 0.811. The molecule has 0 saturated carbocycles. The number of nitrogens with zero attached hydrogens (tertiary/aromatic N) is 1. The van der Waals surface area contributed by atoms with Crippen molar-refractivity contribution in [1.29, 1.82) is 0 Å². The molecule has 0 spiro atoms. The first-order valence-electron chi connectivity index (χ1n) is 4.40. The Balaban J connectivity index is 2.77. The SMILES string of the molecule is CCCC[N]CCC(C)C. The lowest BCUT2D eigenvalue weighted by molar-refractivity contribution is 0.524. The molecule has 0 bridgehead atoms. The molecule has 0 heterocycles. The van der Waals surface area contributed by atoms with Crippen molar-refractivity contribution in [2.24, 2.45) is 5.92 Å². The van der Waals surface area contributed by atoms with Crippen molar-refractivity contribution in [2.75, 3.05) is 13.1 Å². The van der Waals surface area contributed by atoms with Crippen LogP contribution in [0.1, 0.15) is 40.0 Å². The van der Waals surface area contributed by atoms with E-state index < -0.39 is 0 Å². The summed E-state index contributed by atoms with van der Waals surface area (Å²) in [5.41, 5.74) is 0. The van der Waals surface area contributed by atoms with Crippen LogP contribution in [0.25, 0.3) is 0 Å². The van der Waals surface area contributed by atoms with Crippen molar-refractivity contribution in [3.63, 3.8) is 0 Å². The van der Waals surface area contributed by atoms with Gasteiger partial charge in [0.15, 0.2) is 0 Å². The highest BCUT2D eigenvalue weighted by atomic mass is 14.8. The first kappa shape index (κ1) is 9.96. The molecule has 0 N–H and O–H groups in total. The minimum atomic E-state index is 0.811. The van der Waals surface area contributed by atoms with Gasteiger partial charge in [0.05, 0.1) is 0 Å². The Hall–Kier alpha value is -0.0400. The van der Waals surface area contributed by atoms with Gasteiger partial charge in [-0.05, 0) is 18.8 Å². The van der Waals surface area contributed by atoms with Crippen molar-refractivity contribution in [3.8, 4) is 0 Å². The standard InChI is InChI=1S/C9H20N/c1-4-5-7-10-8-6-9(2)3/h9H,4-8H2,1-3H3. The summed E-state index contributed by atoms with van der Waals surface area (Å²) in [6.45, 7) is 8.84. The van der Waals surface area contributed by atoms with E-state index in [0.29, 0.717) is 0 Å². The number of hydrogen-bond acceptors (Lipinski definition) is 0. The second-order valence-corrected chi connectivity index (χ2v) is 3.21. The van der Waals surface area contributed by atoms with Crippen molar-refractivity contribution < 1.29 is 0 Å². The third-order valence-electron chi connectivity index (χ3n) is 1.53. The summed E-state index contributed by atoms with van der Waals surface area (Å²) in [5, 5.41) is 4.40. The van der Waals surface area contributed by atoms with Crippen LogP contribution in [0, 0.1) is 5.92 Å². The maximum Gasteiger partial charge on any atom is 0.0135 e. The van der Waals surface area contributed by atoms with E-state index in [-0.39, 0.29) is 0 Å². The largest absolute Gasteiger partial charge is 0.242 e. The molecule has 0 fully saturated rings. The van der Waals surface area contributed by atoms with Crippen LogP contribution in [0.4, 0.5) is 0 Å². The van der Waals surface area contributed by atoms with Gasteiger partial charge in [0.25, 0.3) is 0 Å². The van der Waals surface area contributed by atoms with Gasteiger partial charge >= 0.3 is 0 Å². The fourth-order valence-corrected chi connectivity index (χ4v) is 0.731. The Morgan fingerprint density at radius 2 is 1.90 bits per heavy atom. The molecule has 0 aliphatic heterocycles. The second kappa shape index (κ2) is 7.07. The Bertz CT molecular complexity index is 59.7. The molecule has 61 valence electrons. The highest BCUT2D eigenvalue weighted by molar-refractivity contribution is 4.49. The predicted octanol–water partition coefficient (Wildman–Crippen LogP) is 2.44. The molecule has 1 radical (unpaired) electrons. The molecule has 1 heteroatoms. The van der Waals surface area contributed by atoms with Crippen molar-refractivity contribution >= 4 is 0 Å². The lowest BCUT2D eigenvalue weighted by atomic mass is 10.1. The van der Waals surface area contributed by atoms with Crippen molar-refractivity contribution in [2.45, 2.75) is 40.0 Å². The molecule has 0 saturated heterocycles. The molecule has 0 aromatic heterocycles. The van der Waals surface area contributed by atoms with E-state index in [0.717, 1.165) is 19.0 Å². The number of hydrogen-bond donors (Lipinski definition) is 0. The van der Waals surface area contributed by atoms with Gasteiger partial charge in [0, 0.05) is 13.1 Å². The Morgan fingerprint density at radius 3 is 2.40 bits per heavy atom. The summed E-state index contributed by atoms with van der Waals surface area (Å²) in [7, 11) is 0. The van der Waals surface area contributed by atoms with E-state index in [1.165, 1.54) is 19.3 Å². The molecular formula is C9H20N. The zero-order valence-corrected chi connectivity index (χ0v) is 7.56. The van der Waals surface area contributed by atoms with Gasteiger partial charge in [-0.2, -0.15) is 0 Å². The average molecular weight is 142 g/mol. The zero-order chi connectivity index (χ0) is 7.82. The molecule has 0 rings (SSSR count). The van der Waals surface area contributed by atoms with Crippen LogP contribution >= 0.6 is 0 Å². The predicted molar refractivity (Wildman–Crippen MR) is 46.2 cm³/mol. The molecule has 0 amide bonds. The maximum absolute atomic E-state index is 4.40. The van der Waals surface area contributed by atoms with Crippen LogP contribution in [0.5, 0.6) is 0 Å². The highest BCUT2D eigenvalue weighted by Crippen LogP contribution is 1.96. The van der Waals surface area contributed by atoms with Gasteiger partial charge in [-0.1, -0.05) is 27.2 Å². The number of unbranched alkanes of at least 4 members (excludes halogenated alkanes) is 1. The first-order valence-corrected chi connectivity index (χ1v) is 4.40. The van der Waals surface area contributed by atoms with Gasteiger partial charge < -0.3 is 0 Å². The summed E-state index contributed by atoms with van der Waals surface area (Å²) in [4.78, 5) is 0. The molecule has 0 aliphatic carbocycles. The number of rotatable bonds is 6. The van der Waals surface area contributed by atoms with Crippen LogP contribution < -0.4 is 5.32 Å². The molecular weight excluding hydrogens is 122 g/mol. The maximum atomic E-state index is 4.40. The zero-order valence-electron chi connectivity index (χ0n) is 7.56. The third-order valence-corrected chi connectivity index (χ3v) is 1.53. The molecule has 0 aromatic rings. The minimum absolute atomic E-state index is 0.811. The van der Waals surface area contributed by atoms with Crippen LogP contribution in [-0.2, 0) is 0 Å². The van der Waals surface area contributed by atoms with Gasteiger partial charge in [-0.3, -0.25) is 0 Å². The normalized spacial score (nSPS) is 10.8. The van der Waals surface area contributed by atoms with E-state index in [9.17, 15) is 0 Å². The topological polar surface area (TPSA) is 14.1 Å². The highest BCUT2D eigenvalue weighted by Gasteiger charge is 1.92. The molecule has 1 nitrogen and oxygen atoms in total. The third kappa shape index (κ3) is 7.96. The van der Waals surface area contributed by atoms with Crippen LogP contribution in [0.15, 0.2) is 0 Å². The van der Waals surface area contributed by atoms with Gasteiger partial charge in [0.1, 0.15) is 0 Å². The van der Waals surface area contributed by atoms with E-state index in [4.69, 9.17) is 0 Å². The molecule has 0 atom stereocenters. The molecule has 10 heavy (non-hydrogen) atoms. The Kier molecular flexibility index (Phi) is 7.04. The lowest BCUT2D eigenvalue weighted by Crippen LogP contribution is -2.10. The average Bonchev–Trinajstić information content (AvgIpc) is 1.87. The van der Waals surface area contributed by atoms with Crippen LogP contribution in [0.2, 0.25) is 0 Å². The van der Waals surface area contributed by atoms with Gasteiger partial charge in [-0.25, -0.2) is 5.32 Å². The van der Waals surface area contributed by atoms with E-state index in [1.807, 2.05) is 0 Å². The van der Waals surface area contributed by atoms with E-state index in [1.54, 1.807) is 0 Å². The summed E-state index contributed by atoms with van der Waals surface area (Å²) in [6, 6.07) is 0. The second-order valence-electron chi connectivity index (χ2n) is 3.21. The van der Waals surface area contributed by atoms with Crippen molar-refractivity contribution in [3.05, 3.63) is 0 Å². The monoisotopic (exact) mass is 142 g/mol. The lowest BCUT2D eigenvalue weighted by Gasteiger charge is -2.03. The smallest absolute Gasteiger partial charge is 0.0135 e. The van der Waals surface area contributed by atoms with E-state index in [2.05, 4.69) is 26.1 Å². The fraction of sp³-hybridized carbons (Fsp3) is 1.00. The molecule has 0 aliphatic rings. The summed E-state index contributed by atoms with van der Waals surface area (Å²) in [6.07, 6.45) is 3.78. The minimum Gasteiger partial charge on any atom is -0.242 e. The summed E-state index contributed by atoms with van der Waals surface area (Å²) < 4.78 is 0. The Labute approximate surface area is 65.2 Å². The van der Waals surface area contributed by atoms with Crippen LogP contribution in [-0.4, -0.2) is 13.1 Å². The van der Waals surface area contributed by atoms with E-state index >= 15 is 0 Å². The van der Waals surface area contributed by atoms with Crippen molar-refractivity contribution in [1.82, 2.24) is 5.32 Å². The molecule has 0 unspecified atom stereocenters. The first-order chi connectivity index (χ1) is 4.77. The fourth-order valence-electron chi connectivity index (χ4n) is 0.731. The summed E-state index contributed by atoms with van der Waals surface area (Å²) >= 11 is 0. The quantitative estimate of drug-likeness (QED) is 0.506. The van der Waals surface area contributed by atoms with Crippen LogP contribution in [0.3, 0.4) is 0 Å². The molecule has 0 aromatic carbocycles.